The third-order valence-corrected chi connectivity index (χ3v) is 3.44. The summed E-state index contributed by atoms with van der Waals surface area (Å²) in [6, 6.07) is 6.39. The number of H-pyrrole nitrogens is 1. The molecule has 0 aliphatic heterocycles. The summed E-state index contributed by atoms with van der Waals surface area (Å²) in [6.07, 6.45) is 5.47. The number of aromatic amines is 1. The SMILES string of the molecule is CCCC[C@@H](N)c1c[nH]c2ccc(Br)cc12.Cl. The predicted molar refractivity (Wildman–Crippen MR) is 79.7 cm³/mol. The van der Waals surface area contributed by atoms with Gasteiger partial charge in [-0.15, -0.1) is 12.4 Å². The molecule has 0 unspecified atom stereocenters. The Kier molecular flexibility index (Phi) is 5.50. The van der Waals surface area contributed by atoms with Gasteiger partial charge in [0.2, 0.25) is 0 Å². The zero-order chi connectivity index (χ0) is 11.5. The van der Waals surface area contributed by atoms with Crippen LogP contribution in [0.2, 0.25) is 0 Å². The molecule has 2 aromatic rings. The van der Waals surface area contributed by atoms with E-state index in [1.54, 1.807) is 0 Å². The lowest BCUT2D eigenvalue weighted by Gasteiger charge is -2.09. The number of rotatable bonds is 4. The van der Waals surface area contributed by atoms with E-state index in [0.717, 1.165) is 16.4 Å². The minimum absolute atomic E-state index is 0. The Balaban J connectivity index is 0.00000144. The first kappa shape index (κ1) is 14.6. The second kappa shape index (κ2) is 6.43. The molecule has 1 aromatic heterocycles. The van der Waals surface area contributed by atoms with E-state index in [4.69, 9.17) is 5.73 Å². The fraction of sp³-hybridized carbons (Fsp3) is 0.385. The average molecular weight is 318 g/mol. The number of nitrogens with one attached hydrogen (secondary N) is 1. The largest absolute Gasteiger partial charge is 0.361 e. The Morgan fingerprint density at radius 2 is 2.18 bits per heavy atom. The third-order valence-electron chi connectivity index (χ3n) is 2.94. The molecule has 0 amide bonds. The fourth-order valence-electron chi connectivity index (χ4n) is 2.00. The molecule has 17 heavy (non-hydrogen) atoms. The highest BCUT2D eigenvalue weighted by Crippen LogP contribution is 2.28. The lowest BCUT2D eigenvalue weighted by Crippen LogP contribution is -2.09. The van der Waals surface area contributed by atoms with E-state index in [1.807, 2.05) is 12.3 Å². The monoisotopic (exact) mass is 316 g/mol. The van der Waals surface area contributed by atoms with E-state index in [-0.39, 0.29) is 18.4 Å². The number of benzene rings is 1. The van der Waals surface area contributed by atoms with Crippen molar-refractivity contribution in [2.45, 2.75) is 32.2 Å². The van der Waals surface area contributed by atoms with Gasteiger partial charge in [0.05, 0.1) is 0 Å². The van der Waals surface area contributed by atoms with Crippen LogP contribution in [0.4, 0.5) is 0 Å². The summed E-state index contributed by atoms with van der Waals surface area (Å²) in [6.45, 7) is 2.19. The van der Waals surface area contributed by atoms with Gasteiger partial charge in [0, 0.05) is 27.6 Å². The van der Waals surface area contributed by atoms with Gasteiger partial charge >= 0.3 is 0 Å². The Bertz CT molecular complexity index is 481. The maximum Gasteiger partial charge on any atom is 0.0458 e. The number of hydrogen-bond acceptors (Lipinski definition) is 1. The minimum atomic E-state index is 0. The summed E-state index contributed by atoms with van der Waals surface area (Å²) in [5, 5.41) is 1.23. The molecule has 3 N–H and O–H groups in total. The summed E-state index contributed by atoms with van der Waals surface area (Å²) >= 11 is 3.50. The standard InChI is InChI=1S/C13H17BrN2.ClH/c1-2-3-4-12(15)11-8-16-13-6-5-9(14)7-10(11)13;/h5-8,12,16H,2-4,15H2,1H3;1H/t12-;/m1./s1. The van der Waals surface area contributed by atoms with Crippen LogP contribution in [0.1, 0.15) is 37.8 Å². The van der Waals surface area contributed by atoms with Crippen LogP contribution in [0.3, 0.4) is 0 Å². The molecule has 2 nitrogen and oxygen atoms in total. The van der Waals surface area contributed by atoms with Gasteiger partial charge in [-0.3, -0.25) is 0 Å². The van der Waals surface area contributed by atoms with Crippen molar-refractivity contribution in [1.29, 1.82) is 0 Å². The number of aromatic nitrogens is 1. The van der Waals surface area contributed by atoms with Crippen LogP contribution in [-0.2, 0) is 0 Å². The van der Waals surface area contributed by atoms with E-state index in [0.29, 0.717) is 0 Å². The second-order valence-electron chi connectivity index (χ2n) is 4.18. The van der Waals surface area contributed by atoms with Gasteiger partial charge in [0.15, 0.2) is 0 Å². The summed E-state index contributed by atoms with van der Waals surface area (Å²) in [7, 11) is 0. The fourth-order valence-corrected chi connectivity index (χ4v) is 2.36. The van der Waals surface area contributed by atoms with E-state index in [1.165, 1.54) is 23.8 Å². The van der Waals surface area contributed by atoms with Crippen molar-refractivity contribution in [2.75, 3.05) is 0 Å². The summed E-state index contributed by atoms with van der Waals surface area (Å²) in [5.41, 5.74) is 8.59. The molecule has 0 radical (unpaired) electrons. The first-order valence-electron chi connectivity index (χ1n) is 5.74. The zero-order valence-corrected chi connectivity index (χ0v) is 12.3. The van der Waals surface area contributed by atoms with E-state index >= 15 is 0 Å². The highest BCUT2D eigenvalue weighted by molar-refractivity contribution is 9.10. The molecule has 0 aliphatic carbocycles. The van der Waals surface area contributed by atoms with Crippen molar-refractivity contribution in [3.05, 3.63) is 34.4 Å². The van der Waals surface area contributed by atoms with Crippen molar-refractivity contribution in [1.82, 2.24) is 4.98 Å². The molecule has 0 fully saturated rings. The topological polar surface area (TPSA) is 41.8 Å². The van der Waals surface area contributed by atoms with E-state index < -0.39 is 0 Å². The molecule has 1 atom stereocenters. The zero-order valence-electron chi connectivity index (χ0n) is 9.87. The number of nitrogens with two attached hydrogens (primary N) is 1. The van der Waals surface area contributed by atoms with Gasteiger partial charge in [-0.05, 0) is 30.2 Å². The van der Waals surface area contributed by atoms with Crippen LogP contribution in [0, 0.1) is 0 Å². The lowest BCUT2D eigenvalue weighted by molar-refractivity contribution is 0.606. The van der Waals surface area contributed by atoms with Gasteiger partial charge in [-0.25, -0.2) is 0 Å². The van der Waals surface area contributed by atoms with E-state index in [9.17, 15) is 0 Å². The Morgan fingerprint density at radius 3 is 2.88 bits per heavy atom. The smallest absolute Gasteiger partial charge is 0.0458 e. The Labute approximate surface area is 117 Å². The molecule has 0 saturated carbocycles. The van der Waals surface area contributed by atoms with Gasteiger partial charge in [-0.1, -0.05) is 35.7 Å². The maximum absolute atomic E-state index is 6.21. The number of halogens is 2. The summed E-state index contributed by atoms with van der Waals surface area (Å²) < 4.78 is 1.10. The third kappa shape index (κ3) is 3.24. The molecule has 0 bridgehead atoms. The highest BCUT2D eigenvalue weighted by Gasteiger charge is 2.11. The molecule has 2 rings (SSSR count). The Hall–Kier alpha value is -0.510. The normalized spacial score (nSPS) is 12.4. The van der Waals surface area contributed by atoms with Crippen molar-refractivity contribution < 1.29 is 0 Å². The summed E-state index contributed by atoms with van der Waals surface area (Å²) in [4.78, 5) is 3.27. The molecule has 94 valence electrons. The number of hydrogen-bond donors (Lipinski definition) is 2. The first-order valence-corrected chi connectivity index (χ1v) is 6.53. The van der Waals surface area contributed by atoms with Crippen LogP contribution >= 0.6 is 28.3 Å². The number of unbranched alkanes of at least 4 members (excludes halogenated alkanes) is 1. The van der Waals surface area contributed by atoms with Crippen LogP contribution in [0.5, 0.6) is 0 Å². The van der Waals surface area contributed by atoms with Crippen molar-refractivity contribution >= 4 is 39.2 Å². The molecule has 1 aromatic carbocycles. The average Bonchev–Trinajstić information content (AvgIpc) is 2.68. The first-order chi connectivity index (χ1) is 7.72. The minimum Gasteiger partial charge on any atom is -0.361 e. The van der Waals surface area contributed by atoms with Crippen LogP contribution < -0.4 is 5.73 Å². The lowest BCUT2D eigenvalue weighted by atomic mass is 10.0. The number of fused-ring (bicyclic) bond motifs is 1. The van der Waals surface area contributed by atoms with Gasteiger partial charge in [-0.2, -0.15) is 0 Å². The van der Waals surface area contributed by atoms with Crippen LogP contribution in [-0.4, -0.2) is 4.98 Å². The molecule has 1 heterocycles. The van der Waals surface area contributed by atoms with Crippen LogP contribution in [0.15, 0.2) is 28.9 Å². The van der Waals surface area contributed by atoms with Gasteiger partial charge < -0.3 is 10.7 Å². The van der Waals surface area contributed by atoms with Gasteiger partial charge in [0.25, 0.3) is 0 Å². The highest BCUT2D eigenvalue weighted by atomic mass is 79.9. The van der Waals surface area contributed by atoms with Gasteiger partial charge in [0.1, 0.15) is 0 Å². The van der Waals surface area contributed by atoms with E-state index in [2.05, 4.69) is 40.0 Å². The quantitative estimate of drug-likeness (QED) is 0.854. The molecule has 4 heteroatoms. The molecular formula is C13H18BrClN2. The molecule has 0 saturated heterocycles. The Morgan fingerprint density at radius 1 is 1.41 bits per heavy atom. The predicted octanol–water partition coefficient (Wildman–Crippen LogP) is 4.54. The molecule has 0 spiro atoms. The second-order valence-corrected chi connectivity index (χ2v) is 5.10. The maximum atomic E-state index is 6.21. The van der Waals surface area contributed by atoms with Crippen molar-refractivity contribution in [3.63, 3.8) is 0 Å². The summed E-state index contributed by atoms with van der Waals surface area (Å²) in [5.74, 6) is 0. The van der Waals surface area contributed by atoms with Crippen molar-refractivity contribution in [3.8, 4) is 0 Å². The van der Waals surface area contributed by atoms with Crippen molar-refractivity contribution in [2.24, 2.45) is 5.73 Å². The molecular weight excluding hydrogens is 300 g/mol. The molecule has 0 aliphatic rings. The van der Waals surface area contributed by atoms with Crippen LogP contribution in [0.25, 0.3) is 10.9 Å².